The molecule has 0 aliphatic carbocycles. The van der Waals surface area contributed by atoms with Gasteiger partial charge >= 0.3 is 5.97 Å². The number of methoxy groups -OCH3 is 1. The predicted octanol–water partition coefficient (Wildman–Crippen LogP) is -0.577. The highest BCUT2D eigenvalue weighted by atomic mass is 79.9. The lowest BCUT2D eigenvalue weighted by molar-refractivity contribution is -0.230. The lowest BCUT2D eigenvalue weighted by atomic mass is 10.00. The minimum atomic E-state index is -1.10. The zero-order valence-electron chi connectivity index (χ0n) is 10.8. The summed E-state index contributed by atoms with van der Waals surface area (Å²) in [4.78, 5) is 11.1. The van der Waals surface area contributed by atoms with E-state index in [4.69, 9.17) is 24.1 Å². The molecular weight excluding hydrogens is 324 g/mol. The van der Waals surface area contributed by atoms with Crippen LogP contribution in [0, 0.1) is 0 Å². The van der Waals surface area contributed by atoms with Gasteiger partial charge in [0.1, 0.15) is 18.3 Å². The molecule has 5 atom stereocenters. The molecule has 0 aromatic rings. The van der Waals surface area contributed by atoms with Gasteiger partial charge in [-0.25, -0.2) is 0 Å². The summed E-state index contributed by atoms with van der Waals surface area (Å²) in [5, 5.41) is 18.5. The molecule has 7 nitrogen and oxygen atoms in total. The molecule has 2 N–H and O–H groups in total. The van der Waals surface area contributed by atoms with Gasteiger partial charge in [-0.05, 0) is 0 Å². The highest BCUT2D eigenvalue weighted by Gasteiger charge is 2.46. The van der Waals surface area contributed by atoms with Crippen molar-refractivity contribution in [3.05, 3.63) is 0 Å². The highest BCUT2D eigenvalue weighted by Crippen LogP contribution is 2.29. The largest absolute Gasteiger partial charge is 0.456 e. The molecule has 1 fully saturated rings. The Morgan fingerprint density at radius 2 is 2.05 bits per heavy atom. The molecule has 0 saturated carbocycles. The van der Waals surface area contributed by atoms with Crippen molar-refractivity contribution in [2.24, 2.45) is 0 Å². The van der Waals surface area contributed by atoms with Crippen molar-refractivity contribution >= 4 is 21.9 Å². The second-order valence-corrected chi connectivity index (χ2v) is 5.00. The fourth-order valence-corrected chi connectivity index (χ4v) is 2.49. The van der Waals surface area contributed by atoms with Crippen molar-refractivity contribution in [1.29, 1.82) is 0 Å². The number of halogens is 1. The lowest BCUT2D eigenvalue weighted by Crippen LogP contribution is -2.59. The van der Waals surface area contributed by atoms with Crippen LogP contribution >= 0.6 is 15.9 Å². The van der Waals surface area contributed by atoms with Crippen LogP contribution in [0.2, 0.25) is 0 Å². The van der Waals surface area contributed by atoms with Gasteiger partial charge in [-0.15, -0.1) is 0 Å². The zero-order chi connectivity index (χ0) is 14.4. The van der Waals surface area contributed by atoms with E-state index in [9.17, 15) is 9.90 Å². The Hall–Kier alpha value is -0.250. The van der Waals surface area contributed by atoms with Gasteiger partial charge in [-0.1, -0.05) is 15.9 Å². The molecule has 0 aromatic heterocycles. The molecule has 112 valence electrons. The fourth-order valence-electron chi connectivity index (χ4n) is 1.80. The summed E-state index contributed by atoms with van der Waals surface area (Å²) in [5.74, 6) is -0.506. The molecule has 0 aromatic carbocycles. The molecule has 1 aliphatic heterocycles. The second-order valence-electron chi connectivity index (χ2n) is 4.10. The van der Waals surface area contributed by atoms with Gasteiger partial charge in [0.05, 0.1) is 19.8 Å². The monoisotopic (exact) mass is 342 g/mol. The predicted molar refractivity (Wildman–Crippen MR) is 67.9 cm³/mol. The van der Waals surface area contributed by atoms with E-state index >= 15 is 0 Å². The molecule has 0 spiro atoms. The number of carbonyl (C=O) groups is 1. The van der Waals surface area contributed by atoms with E-state index in [2.05, 4.69) is 15.9 Å². The highest BCUT2D eigenvalue weighted by molar-refractivity contribution is 9.09. The van der Waals surface area contributed by atoms with E-state index < -0.39 is 35.4 Å². The summed E-state index contributed by atoms with van der Waals surface area (Å²) < 4.78 is 20.8. The fraction of sp³-hybridized carbons (Fsp3) is 0.909. The van der Waals surface area contributed by atoms with Crippen molar-refractivity contribution in [2.75, 3.05) is 26.9 Å². The van der Waals surface area contributed by atoms with E-state index in [1.807, 2.05) is 0 Å². The first-order valence-electron chi connectivity index (χ1n) is 5.87. The molecule has 1 saturated heterocycles. The van der Waals surface area contributed by atoms with Crippen LogP contribution in [0.4, 0.5) is 0 Å². The van der Waals surface area contributed by atoms with Crippen molar-refractivity contribution in [1.82, 2.24) is 0 Å². The van der Waals surface area contributed by atoms with Gasteiger partial charge < -0.3 is 29.2 Å². The molecule has 0 amide bonds. The van der Waals surface area contributed by atoms with Gasteiger partial charge in [-0.3, -0.25) is 4.79 Å². The average Bonchev–Trinajstić information content (AvgIpc) is 2.36. The topological polar surface area (TPSA) is 94.5 Å². The van der Waals surface area contributed by atoms with Gasteiger partial charge in [-0.2, -0.15) is 0 Å². The quantitative estimate of drug-likeness (QED) is 0.379. The van der Waals surface area contributed by atoms with E-state index in [1.54, 1.807) is 0 Å². The maximum absolute atomic E-state index is 11.1. The van der Waals surface area contributed by atoms with Crippen LogP contribution in [0.5, 0.6) is 0 Å². The van der Waals surface area contributed by atoms with Crippen LogP contribution in [0.1, 0.15) is 6.92 Å². The number of aliphatic hydroxyl groups excluding tert-OH is 2. The maximum atomic E-state index is 11.1. The van der Waals surface area contributed by atoms with Crippen molar-refractivity contribution in [2.45, 2.75) is 36.4 Å². The van der Waals surface area contributed by atoms with Crippen LogP contribution in [0.3, 0.4) is 0 Å². The molecular formula is C11H19BrO7. The lowest BCUT2D eigenvalue weighted by Gasteiger charge is -2.41. The molecule has 19 heavy (non-hydrogen) atoms. The molecule has 1 rings (SSSR count). The van der Waals surface area contributed by atoms with E-state index in [0.717, 1.165) is 0 Å². The van der Waals surface area contributed by atoms with Crippen molar-refractivity contribution in [3.63, 3.8) is 0 Å². The van der Waals surface area contributed by atoms with Crippen molar-refractivity contribution in [3.8, 4) is 0 Å². The minimum absolute atomic E-state index is 0.230. The first-order chi connectivity index (χ1) is 9.01. The average molecular weight is 343 g/mol. The number of aliphatic hydroxyl groups is 2. The molecule has 1 heterocycles. The summed E-state index contributed by atoms with van der Waals surface area (Å²) in [5.41, 5.74) is 0. The Labute approximate surface area is 119 Å². The van der Waals surface area contributed by atoms with Crippen LogP contribution < -0.4 is 0 Å². The van der Waals surface area contributed by atoms with Crippen LogP contribution in [0.25, 0.3) is 0 Å². The Kier molecular flexibility index (Phi) is 7.19. The molecule has 0 bridgehead atoms. The Morgan fingerprint density at radius 3 is 2.58 bits per heavy atom. The first-order valence-corrected chi connectivity index (χ1v) is 6.79. The number of hydrogen-bond donors (Lipinski definition) is 2. The van der Waals surface area contributed by atoms with Crippen LogP contribution in [-0.4, -0.2) is 72.5 Å². The Balaban J connectivity index is 2.74. The number of ether oxygens (including phenoxy) is 4. The third-order valence-corrected chi connectivity index (χ3v) is 3.42. The Morgan fingerprint density at radius 1 is 1.37 bits per heavy atom. The molecule has 1 unspecified atom stereocenters. The summed E-state index contributed by atoms with van der Waals surface area (Å²) in [7, 11) is 1.52. The summed E-state index contributed by atoms with van der Waals surface area (Å²) in [6, 6.07) is 0. The number of rotatable bonds is 6. The van der Waals surface area contributed by atoms with Crippen molar-refractivity contribution < 1.29 is 34.0 Å². The SMILES string of the molecule is COCCO[C@@H]1[C@H](O)[C@@H](CO)OC(Br)[C@@H]1OC(C)=O. The minimum Gasteiger partial charge on any atom is -0.456 e. The van der Waals surface area contributed by atoms with Crippen LogP contribution in [-0.2, 0) is 23.7 Å². The first kappa shape index (κ1) is 16.8. The van der Waals surface area contributed by atoms with E-state index in [1.165, 1.54) is 14.0 Å². The smallest absolute Gasteiger partial charge is 0.303 e. The summed E-state index contributed by atoms with van der Waals surface area (Å²) in [6.45, 7) is 1.47. The van der Waals surface area contributed by atoms with Gasteiger partial charge in [0, 0.05) is 14.0 Å². The number of esters is 1. The molecule has 1 aliphatic rings. The normalized spacial score (nSPS) is 35.1. The van der Waals surface area contributed by atoms with E-state index in [0.29, 0.717) is 6.61 Å². The number of hydrogen-bond acceptors (Lipinski definition) is 7. The zero-order valence-corrected chi connectivity index (χ0v) is 12.4. The standard InChI is InChI=1S/C11H19BrO7/c1-6(14)18-10-9(17-4-3-16-2)8(15)7(5-13)19-11(10)12/h7-11,13,15H,3-5H2,1-2H3/t7-,8-,9-,10-,11?/m1/s1. The van der Waals surface area contributed by atoms with Gasteiger partial charge in [0.2, 0.25) is 0 Å². The van der Waals surface area contributed by atoms with Crippen LogP contribution in [0.15, 0.2) is 0 Å². The van der Waals surface area contributed by atoms with Gasteiger partial charge in [0.15, 0.2) is 11.1 Å². The number of alkyl halides is 1. The summed E-state index contributed by atoms with van der Waals surface area (Å²) >= 11 is 3.21. The molecule has 0 radical (unpaired) electrons. The van der Waals surface area contributed by atoms with E-state index in [-0.39, 0.29) is 13.2 Å². The third-order valence-electron chi connectivity index (χ3n) is 2.68. The maximum Gasteiger partial charge on any atom is 0.303 e. The Bertz CT molecular complexity index is 288. The second kappa shape index (κ2) is 8.13. The number of carbonyl (C=O) groups excluding carboxylic acids is 1. The third kappa shape index (κ3) is 4.66. The molecule has 8 heteroatoms. The van der Waals surface area contributed by atoms with Gasteiger partial charge in [0.25, 0.3) is 0 Å². The summed E-state index contributed by atoms with van der Waals surface area (Å²) in [6.07, 6.45) is -3.50.